The van der Waals surface area contributed by atoms with Crippen LogP contribution >= 0.6 is 0 Å². The number of aromatic nitrogens is 1. The summed E-state index contributed by atoms with van der Waals surface area (Å²) in [7, 11) is 0. The first-order valence-corrected chi connectivity index (χ1v) is 13.3. The molecule has 204 valence electrons. The Morgan fingerprint density at radius 1 is 1.11 bits per heavy atom. The summed E-state index contributed by atoms with van der Waals surface area (Å²) >= 11 is 0. The zero-order valence-corrected chi connectivity index (χ0v) is 21.8. The first-order chi connectivity index (χ1) is 17.1. The molecule has 9 heteroatoms. The molecule has 1 aromatic rings. The smallest absolute Gasteiger partial charge is 0.417 e. The summed E-state index contributed by atoms with van der Waals surface area (Å²) in [5.41, 5.74) is 0.479. The summed E-state index contributed by atoms with van der Waals surface area (Å²) in [5.74, 6) is 0.936. The van der Waals surface area contributed by atoms with E-state index in [2.05, 4.69) is 31.1 Å². The Balaban J connectivity index is 0.000000693. The van der Waals surface area contributed by atoms with Gasteiger partial charge in [0, 0.05) is 49.4 Å². The fourth-order valence-electron chi connectivity index (χ4n) is 5.29. The molecular formula is C27H42F3N3O3. The van der Waals surface area contributed by atoms with Gasteiger partial charge in [-0.15, -0.1) is 0 Å². The van der Waals surface area contributed by atoms with E-state index in [-0.39, 0.29) is 24.8 Å². The number of amides is 1. The van der Waals surface area contributed by atoms with Gasteiger partial charge in [0.1, 0.15) is 0 Å². The lowest BCUT2D eigenvalue weighted by molar-refractivity contribution is -0.138. The minimum Gasteiger partial charge on any atom is -0.483 e. The van der Waals surface area contributed by atoms with Gasteiger partial charge in [-0.1, -0.05) is 27.2 Å². The maximum Gasteiger partial charge on any atom is 0.417 e. The number of pyridine rings is 1. The van der Waals surface area contributed by atoms with Crippen molar-refractivity contribution in [1.29, 1.82) is 0 Å². The minimum atomic E-state index is -4.41. The van der Waals surface area contributed by atoms with Crippen LogP contribution in [0, 0.1) is 11.8 Å². The molecule has 0 radical (unpaired) electrons. The Morgan fingerprint density at radius 2 is 1.64 bits per heavy atom. The average Bonchev–Trinajstić information content (AvgIpc) is 2.85. The molecule has 3 aliphatic rings. The number of nitrogens with one attached hydrogen (secondary N) is 1. The fourth-order valence-corrected chi connectivity index (χ4v) is 5.29. The molecule has 0 saturated heterocycles. The van der Waals surface area contributed by atoms with E-state index < -0.39 is 11.7 Å². The van der Waals surface area contributed by atoms with Crippen molar-refractivity contribution < 1.29 is 27.9 Å². The van der Waals surface area contributed by atoms with Gasteiger partial charge in [0.05, 0.1) is 5.56 Å². The van der Waals surface area contributed by atoms with Crippen LogP contribution in [0.1, 0.15) is 95.4 Å². The van der Waals surface area contributed by atoms with Gasteiger partial charge in [0.2, 0.25) is 5.91 Å². The summed E-state index contributed by atoms with van der Waals surface area (Å²) in [6.07, 6.45) is 7.11. The number of halogens is 3. The van der Waals surface area contributed by atoms with Crippen LogP contribution in [0.3, 0.4) is 0 Å². The number of hydrogen-bond donors (Lipinski definition) is 2. The molecule has 4 rings (SSSR count). The summed E-state index contributed by atoms with van der Waals surface area (Å²) in [4.78, 5) is 27.1. The Bertz CT molecular complexity index is 818. The molecule has 0 unspecified atom stereocenters. The van der Waals surface area contributed by atoms with E-state index in [0.717, 1.165) is 43.9 Å². The van der Waals surface area contributed by atoms with Crippen LogP contribution in [-0.4, -0.2) is 46.0 Å². The van der Waals surface area contributed by atoms with Gasteiger partial charge >= 0.3 is 6.18 Å². The van der Waals surface area contributed by atoms with Gasteiger partial charge in [-0.2, -0.15) is 13.2 Å². The maximum absolute atomic E-state index is 13.0. The highest BCUT2D eigenvalue weighted by molar-refractivity contribution is 5.79. The standard InChI is InChI=1S/C23H32F3N3O.C3H8.CH2O2/c1-15-2-6-19(7-3-15)28-20-8-4-16(5-9-20)22(30)29-11-10-21-17(14-29)12-18(13-27-21)23(24,25)26;1-3-2;2-1-3/h12-13,15-16,19-20,28H,2-11,14H2,1H3;3H2,1-2H3;1H,(H,2,3). The third-order valence-electron chi connectivity index (χ3n) is 7.24. The molecule has 2 N–H and O–H groups in total. The molecule has 2 saturated carbocycles. The van der Waals surface area contributed by atoms with Crippen molar-refractivity contribution in [3.63, 3.8) is 0 Å². The van der Waals surface area contributed by atoms with Crippen LogP contribution in [0.4, 0.5) is 13.2 Å². The molecule has 0 aromatic carbocycles. The SMILES string of the molecule is CC1CCC(NC2CCC(C(=O)N3CCc4ncc(C(F)(F)F)cc4C3)CC2)CC1.CCC.O=CO. The highest BCUT2D eigenvalue weighted by atomic mass is 19.4. The first-order valence-electron chi connectivity index (χ1n) is 13.3. The largest absolute Gasteiger partial charge is 0.483 e. The molecular weight excluding hydrogens is 471 g/mol. The highest BCUT2D eigenvalue weighted by Crippen LogP contribution is 2.33. The second-order valence-electron chi connectivity index (χ2n) is 10.3. The average molecular weight is 514 g/mol. The Labute approximate surface area is 213 Å². The third-order valence-corrected chi connectivity index (χ3v) is 7.24. The number of rotatable bonds is 3. The molecule has 2 fully saturated rings. The fraction of sp³-hybridized carbons (Fsp3) is 0.741. The number of carbonyl (C=O) groups excluding carboxylic acids is 1. The number of alkyl halides is 3. The van der Waals surface area contributed by atoms with Crippen LogP contribution in [0.5, 0.6) is 0 Å². The molecule has 1 aromatic heterocycles. The van der Waals surface area contributed by atoms with Crippen LogP contribution < -0.4 is 5.32 Å². The molecule has 36 heavy (non-hydrogen) atoms. The summed E-state index contributed by atoms with van der Waals surface area (Å²) in [6.45, 7) is 7.11. The number of fused-ring (bicyclic) bond motifs is 1. The van der Waals surface area contributed by atoms with Crippen molar-refractivity contribution in [2.75, 3.05) is 6.54 Å². The second-order valence-corrected chi connectivity index (χ2v) is 10.3. The predicted molar refractivity (Wildman–Crippen MR) is 133 cm³/mol. The molecule has 1 amide bonds. The Morgan fingerprint density at radius 3 is 2.17 bits per heavy atom. The summed E-state index contributed by atoms with van der Waals surface area (Å²) < 4.78 is 39.0. The van der Waals surface area contributed by atoms with Crippen molar-refractivity contribution in [2.45, 2.75) is 110 Å². The van der Waals surface area contributed by atoms with Crippen LogP contribution in [0.2, 0.25) is 0 Å². The van der Waals surface area contributed by atoms with Crippen molar-refractivity contribution >= 4 is 12.4 Å². The Hall–Kier alpha value is -2.16. The van der Waals surface area contributed by atoms with Gasteiger partial charge in [-0.3, -0.25) is 14.6 Å². The lowest BCUT2D eigenvalue weighted by atomic mass is 9.82. The first kappa shape index (κ1) is 30.1. The highest BCUT2D eigenvalue weighted by Gasteiger charge is 2.35. The zero-order chi connectivity index (χ0) is 26.7. The monoisotopic (exact) mass is 513 g/mol. The number of nitrogens with zero attached hydrogens (tertiary/aromatic N) is 2. The van der Waals surface area contributed by atoms with Gasteiger partial charge < -0.3 is 15.3 Å². The Kier molecular flexibility index (Phi) is 12.1. The van der Waals surface area contributed by atoms with Gasteiger partial charge in [0.25, 0.3) is 6.47 Å². The molecule has 1 aliphatic heterocycles. The van der Waals surface area contributed by atoms with Crippen LogP contribution in [-0.2, 0) is 28.7 Å². The summed E-state index contributed by atoms with van der Waals surface area (Å²) in [5, 5.41) is 10.7. The molecule has 6 nitrogen and oxygen atoms in total. The topological polar surface area (TPSA) is 82.5 Å². The van der Waals surface area contributed by atoms with Crippen LogP contribution in [0.25, 0.3) is 0 Å². The quantitative estimate of drug-likeness (QED) is 0.497. The van der Waals surface area contributed by atoms with Crippen molar-refractivity contribution in [2.24, 2.45) is 11.8 Å². The molecule has 2 aliphatic carbocycles. The van der Waals surface area contributed by atoms with Crippen molar-refractivity contribution in [3.8, 4) is 0 Å². The van der Waals surface area contributed by atoms with E-state index >= 15 is 0 Å². The van der Waals surface area contributed by atoms with E-state index in [1.807, 2.05) is 0 Å². The number of carbonyl (C=O) groups is 2. The molecule has 0 spiro atoms. The molecule has 2 heterocycles. The van der Waals surface area contributed by atoms with E-state index in [9.17, 15) is 18.0 Å². The molecule has 0 atom stereocenters. The maximum atomic E-state index is 13.0. The van der Waals surface area contributed by atoms with Gasteiger partial charge in [0.15, 0.2) is 0 Å². The van der Waals surface area contributed by atoms with E-state index in [1.165, 1.54) is 32.1 Å². The normalized spacial score (nSPS) is 25.9. The number of carboxylic acid groups (broad SMARTS) is 1. The van der Waals surface area contributed by atoms with E-state index in [4.69, 9.17) is 9.90 Å². The summed E-state index contributed by atoms with van der Waals surface area (Å²) in [6, 6.07) is 2.27. The lowest BCUT2D eigenvalue weighted by Gasteiger charge is -2.37. The molecule has 0 bridgehead atoms. The van der Waals surface area contributed by atoms with E-state index in [0.29, 0.717) is 36.3 Å². The minimum absolute atomic E-state index is 0.00487. The third kappa shape index (κ3) is 9.05. The lowest BCUT2D eigenvalue weighted by Crippen LogP contribution is -2.45. The zero-order valence-electron chi connectivity index (χ0n) is 21.8. The van der Waals surface area contributed by atoms with Crippen molar-refractivity contribution in [3.05, 3.63) is 29.1 Å². The van der Waals surface area contributed by atoms with Gasteiger partial charge in [-0.25, -0.2) is 0 Å². The van der Waals surface area contributed by atoms with Gasteiger partial charge in [-0.05, 0) is 68.9 Å². The number of hydrogen-bond acceptors (Lipinski definition) is 4. The van der Waals surface area contributed by atoms with Crippen LogP contribution in [0.15, 0.2) is 12.3 Å². The second kappa shape index (κ2) is 14.5. The van der Waals surface area contributed by atoms with Crippen molar-refractivity contribution in [1.82, 2.24) is 15.2 Å². The van der Waals surface area contributed by atoms with E-state index in [1.54, 1.807) is 4.90 Å². The predicted octanol–water partition coefficient (Wildman–Crippen LogP) is 5.83.